The van der Waals surface area contributed by atoms with Crippen molar-refractivity contribution in [2.75, 3.05) is 33.4 Å². The van der Waals surface area contributed by atoms with Gasteiger partial charge in [-0.15, -0.1) is 0 Å². The third kappa shape index (κ3) is 5.98. The average molecular weight is 418 g/mol. The number of esters is 1. The number of nitrogens with zero attached hydrogens (tertiary/aromatic N) is 2. The van der Waals surface area contributed by atoms with Crippen LogP contribution in [0.1, 0.15) is 37.0 Å². The number of hydrogen-bond donors (Lipinski definition) is 0. The van der Waals surface area contributed by atoms with Crippen molar-refractivity contribution in [1.29, 1.82) is 0 Å². The first-order chi connectivity index (χ1) is 14.2. The lowest BCUT2D eigenvalue weighted by Gasteiger charge is -2.34. The zero-order valence-corrected chi connectivity index (χ0v) is 17.7. The number of halogens is 2. The van der Waals surface area contributed by atoms with Crippen molar-refractivity contribution in [2.24, 2.45) is 5.92 Å². The number of aromatic nitrogens is 1. The van der Waals surface area contributed by atoms with Gasteiger partial charge in [0.1, 0.15) is 17.2 Å². The molecule has 0 saturated carbocycles. The van der Waals surface area contributed by atoms with Gasteiger partial charge in [0.2, 0.25) is 0 Å². The number of rotatable bonds is 7. The van der Waals surface area contributed by atoms with E-state index in [-0.39, 0.29) is 5.56 Å². The number of piperidine rings is 1. The Kier molecular flexibility index (Phi) is 7.02. The maximum atomic E-state index is 14.4. The third-order valence-electron chi connectivity index (χ3n) is 5.19. The van der Waals surface area contributed by atoms with E-state index in [4.69, 9.17) is 4.74 Å². The predicted octanol–water partition coefficient (Wildman–Crippen LogP) is 4.51. The van der Waals surface area contributed by atoms with Crippen molar-refractivity contribution in [2.45, 2.75) is 32.4 Å². The molecule has 2 aromatic rings. The molecule has 1 saturated heterocycles. The Bertz CT molecular complexity index is 858. The Balaban J connectivity index is 1.53. The highest BCUT2D eigenvalue weighted by Gasteiger charge is 2.25. The second-order valence-corrected chi connectivity index (χ2v) is 8.31. The van der Waals surface area contributed by atoms with Crippen LogP contribution in [0, 0.1) is 11.7 Å². The molecule has 0 aliphatic carbocycles. The van der Waals surface area contributed by atoms with Gasteiger partial charge in [-0.05, 0) is 76.0 Å². The van der Waals surface area contributed by atoms with E-state index >= 15 is 0 Å². The number of alkyl halides is 1. The SMILES string of the molecule is COC(=O)c1ccc(-c2ccc(OCC3CCN(CC(C)(C)F)CC3)cn2)c(F)c1. The number of benzene rings is 1. The van der Waals surface area contributed by atoms with Gasteiger partial charge in [0, 0.05) is 12.1 Å². The Hall–Kier alpha value is -2.54. The van der Waals surface area contributed by atoms with E-state index in [2.05, 4.69) is 14.6 Å². The molecule has 0 unspecified atom stereocenters. The number of carbonyl (C=O) groups excluding carboxylic acids is 1. The van der Waals surface area contributed by atoms with Gasteiger partial charge >= 0.3 is 5.97 Å². The van der Waals surface area contributed by atoms with Gasteiger partial charge < -0.3 is 14.4 Å². The minimum absolute atomic E-state index is 0.153. The van der Waals surface area contributed by atoms with Gasteiger partial charge in [-0.2, -0.15) is 0 Å². The van der Waals surface area contributed by atoms with E-state index < -0.39 is 17.5 Å². The number of pyridine rings is 1. The topological polar surface area (TPSA) is 51.7 Å². The van der Waals surface area contributed by atoms with Gasteiger partial charge in [-0.3, -0.25) is 4.98 Å². The maximum absolute atomic E-state index is 14.4. The molecule has 1 aromatic heterocycles. The van der Waals surface area contributed by atoms with Crippen LogP contribution < -0.4 is 4.74 Å². The lowest BCUT2D eigenvalue weighted by atomic mass is 9.97. The van der Waals surface area contributed by atoms with Crippen LogP contribution in [0.4, 0.5) is 8.78 Å². The fourth-order valence-electron chi connectivity index (χ4n) is 3.65. The van der Waals surface area contributed by atoms with Crippen molar-refractivity contribution in [3.8, 4) is 17.0 Å². The quantitative estimate of drug-likeness (QED) is 0.619. The number of hydrogen-bond acceptors (Lipinski definition) is 5. The van der Waals surface area contributed by atoms with Crippen LogP contribution in [-0.2, 0) is 4.74 Å². The monoisotopic (exact) mass is 418 g/mol. The number of carbonyl (C=O) groups is 1. The minimum Gasteiger partial charge on any atom is -0.492 e. The van der Waals surface area contributed by atoms with E-state index in [1.165, 1.54) is 19.2 Å². The largest absolute Gasteiger partial charge is 0.492 e. The van der Waals surface area contributed by atoms with Crippen LogP contribution in [0.5, 0.6) is 5.75 Å². The Labute approximate surface area is 176 Å². The fraction of sp³-hybridized carbons (Fsp3) is 0.478. The molecule has 0 bridgehead atoms. The molecule has 2 heterocycles. The highest BCUT2D eigenvalue weighted by atomic mass is 19.1. The Morgan fingerprint density at radius 2 is 1.97 bits per heavy atom. The van der Waals surface area contributed by atoms with Gasteiger partial charge in [0.15, 0.2) is 0 Å². The second kappa shape index (κ2) is 9.51. The summed E-state index contributed by atoms with van der Waals surface area (Å²) in [5.41, 5.74) is -0.258. The molecular formula is C23H28F2N2O3. The van der Waals surface area contributed by atoms with Crippen LogP contribution in [0.3, 0.4) is 0 Å². The number of ether oxygens (including phenoxy) is 2. The van der Waals surface area contributed by atoms with E-state index in [1.54, 1.807) is 32.2 Å². The Morgan fingerprint density at radius 1 is 1.23 bits per heavy atom. The van der Waals surface area contributed by atoms with Crippen LogP contribution in [0.25, 0.3) is 11.3 Å². The minimum atomic E-state index is -1.17. The first-order valence-electron chi connectivity index (χ1n) is 10.1. The van der Waals surface area contributed by atoms with Crippen molar-refractivity contribution < 1.29 is 23.0 Å². The zero-order chi connectivity index (χ0) is 21.7. The molecule has 1 aromatic carbocycles. The summed E-state index contributed by atoms with van der Waals surface area (Å²) in [5, 5.41) is 0. The van der Waals surface area contributed by atoms with E-state index in [1.807, 2.05) is 0 Å². The molecule has 0 radical (unpaired) electrons. The van der Waals surface area contributed by atoms with Crippen LogP contribution in [-0.4, -0.2) is 54.9 Å². The first-order valence-corrected chi connectivity index (χ1v) is 10.1. The van der Waals surface area contributed by atoms with Gasteiger partial charge in [-0.25, -0.2) is 13.6 Å². The molecule has 0 atom stereocenters. The van der Waals surface area contributed by atoms with Crippen LogP contribution in [0.15, 0.2) is 36.5 Å². The number of methoxy groups -OCH3 is 1. The number of likely N-dealkylation sites (tertiary alicyclic amines) is 1. The lowest BCUT2D eigenvalue weighted by Crippen LogP contribution is -2.41. The van der Waals surface area contributed by atoms with Crippen LogP contribution >= 0.6 is 0 Å². The van der Waals surface area contributed by atoms with Crippen molar-refractivity contribution in [1.82, 2.24) is 9.88 Å². The maximum Gasteiger partial charge on any atom is 0.337 e. The van der Waals surface area contributed by atoms with E-state index in [9.17, 15) is 13.6 Å². The lowest BCUT2D eigenvalue weighted by molar-refractivity contribution is 0.0600. The summed E-state index contributed by atoms with van der Waals surface area (Å²) in [6.07, 6.45) is 3.52. The highest BCUT2D eigenvalue weighted by molar-refractivity contribution is 5.90. The molecule has 0 spiro atoms. The summed E-state index contributed by atoms with van der Waals surface area (Å²) in [5.74, 6) is -0.0803. The normalized spacial score (nSPS) is 15.8. The zero-order valence-electron chi connectivity index (χ0n) is 17.7. The summed E-state index contributed by atoms with van der Waals surface area (Å²) >= 11 is 0. The molecule has 1 aliphatic heterocycles. The molecule has 3 rings (SSSR count). The molecule has 30 heavy (non-hydrogen) atoms. The van der Waals surface area contributed by atoms with Gasteiger partial charge in [0.25, 0.3) is 0 Å². The van der Waals surface area contributed by atoms with E-state index in [0.717, 1.165) is 32.0 Å². The molecular weight excluding hydrogens is 390 g/mol. The summed E-state index contributed by atoms with van der Waals surface area (Å²) in [4.78, 5) is 17.9. The molecule has 5 nitrogen and oxygen atoms in total. The predicted molar refractivity (Wildman–Crippen MR) is 111 cm³/mol. The molecule has 0 amide bonds. The summed E-state index contributed by atoms with van der Waals surface area (Å²) < 4.78 is 38.6. The van der Waals surface area contributed by atoms with E-state index in [0.29, 0.717) is 36.1 Å². The molecule has 1 fully saturated rings. The van der Waals surface area contributed by atoms with Crippen molar-refractivity contribution in [3.05, 3.63) is 47.9 Å². The Morgan fingerprint density at radius 3 is 2.53 bits per heavy atom. The summed E-state index contributed by atoms with van der Waals surface area (Å²) in [7, 11) is 1.25. The van der Waals surface area contributed by atoms with Gasteiger partial charge in [0.05, 0.1) is 31.2 Å². The highest BCUT2D eigenvalue weighted by Crippen LogP contribution is 2.25. The standard InChI is InChI=1S/C23H28F2N2O3/c1-23(2,25)15-27-10-8-16(9-11-27)14-30-18-5-7-21(26-13-18)19-6-4-17(12-20(19)24)22(28)29-3/h4-7,12-13,16H,8-11,14-15H2,1-3H3. The molecule has 7 heteroatoms. The summed E-state index contributed by atoms with van der Waals surface area (Å²) in [6, 6.07) is 7.61. The van der Waals surface area contributed by atoms with Crippen molar-refractivity contribution >= 4 is 5.97 Å². The van der Waals surface area contributed by atoms with Gasteiger partial charge in [-0.1, -0.05) is 0 Å². The molecule has 0 N–H and O–H groups in total. The second-order valence-electron chi connectivity index (χ2n) is 8.31. The third-order valence-corrected chi connectivity index (χ3v) is 5.19. The molecule has 1 aliphatic rings. The first kappa shape index (κ1) is 22.2. The van der Waals surface area contributed by atoms with Crippen molar-refractivity contribution in [3.63, 3.8) is 0 Å². The summed E-state index contributed by atoms with van der Waals surface area (Å²) in [6.45, 7) is 6.01. The fourth-order valence-corrected chi connectivity index (χ4v) is 3.65. The smallest absolute Gasteiger partial charge is 0.337 e. The average Bonchev–Trinajstić information content (AvgIpc) is 2.72. The molecule has 162 valence electrons. The van der Waals surface area contributed by atoms with Crippen LogP contribution in [0.2, 0.25) is 0 Å².